The van der Waals surface area contributed by atoms with Crippen molar-refractivity contribution in [1.82, 2.24) is 4.90 Å². The Morgan fingerprint density at radius 3 is 2.64 bits per heavy atom. The number of hydrogen-bond acceptors (Lipinski definition) is 6. The second-order valence-electron chi connectivity index (χ2n) is 7.88. The SMILES string of the molecule is CC(C)(C)C(=O)C1=C(O)C(=O)N(Cc2ccc3c(c2)OCO3)C1c1ccco1. The molecule has 28 heavy (non-hydrogen) atoms. The van der Waals surface area contributed by atoms with E-state index in [2.05, 4.69) is 0 Å². The maximum atomic E-state index is 13.0. The summed E-state index contributed by atoms with van der Waals surface area (Å²) in [5, 5.41) is 10.5. The summed E-state index contributed by atoms with van der Waals surface area (Å²) in [4.78, 5) is 27.3. The van der Waals surface area contributed by atoms with Crippen molar-refractivity contribution < 1.29 is 28.6 Å². The Morgan fingerprint density at radius 1 is 1.21 bits per heavy atom. The van der Waals surface area contributed by atoms with Gasteiger partial charge in [-0.3, -0.25) is 9.59 Å². The number of carbonyl (C=O) groups excluding carboxylic acids is 2. The van der Waals surface area contributed by atoms with E-state index in [-0.39, 0.29) is 24.7 Å². The predicted octanol–water partition coefficient (Wildman–Crippen LogP) is 3.52. The summed E-state index contributed by atoms with van der Waals surface area (Å²) in [5.74, 6) is 0.234. The Labute approximate surface area is 162 Å². The molecule has 2 aromatic rings. The van der Waals surface area contributed by atoms with Gasteiger partial charge in [-0.1, -0.05) is 26.8 Å². The molecular formula is C21H21NO6. The quantitative estimate of drug-likeness (QED) is 0.869. The van der Waals surface area contributed by atoms with Crippen molar-refractivity contribution in [3.63, 3.8) is 0 Å². The maximum absolute atomic E-state index is 13.0. The number of Topliss-reactive ketones (excluding diaryl/α,β-unsaturated/α-hetero) is 1. The summed E-state index contributed by atoms with van der Waals surface area (Å²) in [7, 11) is 0. The molecule has 1 aromatic carbocycles. The molecule has 0 bridgehead atoms. The fraction of sp³-hybridized carbons (Fsp3) is 0.333. The molecule has 7 heteroatoms. The molecule has 0 saturated heterocycles. The van der Waals surface area contributed by atoms with E-state index in [1.807, 2.05) is 6.07 Å². The van der Waals surface area contributed by atoms with Gasteiger partial charge in [0.15, 0.2) is 23.0 Å². The summed E-state index contributed by atoms with van der Waals surface area (Å²) in [5.41, 5.74) is 0.0861. The first kappa shape index (κ1) is 18.2. The Morgan fingerprint density at radius 2 is 1.96 bits per heavy atom. The lowest BCUT2D eigenvalue weighted by molar-refractivity contribution is -0.130. The van der Waals surface area contributed by atoms with Gasteiger partial charge < -0.3 is 23.9 Å². The summed E-state index contributed by atoms with van der Waals surface area (Å²) in [6, 6.07) is 7.97. The molecule has 2 aliphatic rings. The first-order chi connectivity index (χ1) is 13.3. The number of amides is 1. The van der Waals surface area contributed by atoms with Crippen LogP contribution in [0.4, 0.5) is 0 Å². The molecule has 0 saturated carbocycles. The van der Waals surface area contributed by atoms with E-state index in [1.165, 1.54) is 11.2 Å². The number of furan rings is 1. The Kier molecular flexibility index (Phi) is 4.18. The number of hydrogen-bond donors (Lipinski definition) is 1. The fourth-order valence-electron chi connectivity index (χ4n) is 3.43. The first-order valence-electron chi connectivity index (χ1n) is 8.98. The highest BCUT2D eigenvalue weighted by atomic mass is 16.7. The van der Waals surface area contributed by atoms with Crippen LogP contribution in [0.1, 0.15) is 38.1 Å². The van der Waals surface area contributed by atoms with Crippen LogP contribution in [0.2, 0.25) is 0 Å². The van der Waals surface area contributed by atoms with Crippen molar-refractivity contribution in [1.29, 1.82) is 0 Å². The molecule has 7 nitrogen and oxygen atoms in total. The van der Waals surface area contributed by atoms with E-state index >= 15 is 0 Å². The molecule has 1 atom stereocenters. The van der Waals surface area contributed by atoms with Crippen LogP contribution in [0, 0.1) is 5.41 Å². The Balaban J connectivity index is 1.73. The monoisotopic (exact) mass is 383 g/mol. The third-order valence-electron chi connectivity index (χ3n) is 4.83. The van der Waals surface area contributed by atoms with Crippen LogP contribution in [-0.2, 0) is 16.1 Å². The van der Waals surface area contributed by atoms with E-state index in [0.29, 0.717) is 17.3 Å². The molecule has 0 aliphatic carbocycles. The predicted molar refractivity (Wildman–Crippen MR) is 98.7 cm³/mol. The van der Waals surface area contributed by atoms with Gasteiger partial charge in [0.1, 0.15) is 11.8 Å². The number of nitrogens with zero attached hydrogens (tertiary/aromatic N) is 1. The van der Waals surface area contributed by atoms with Crippen LogP contribution in [0.15, 0.2) is 52.3 Å². The number of fused-ring (bicyclic) bond motifs is 1. The van der Waals surface area contributed by atoms with E-state index in [4.69, 9.17) is 13.9 Å². The highest BCUT2D eigenvalue weighted by Gasteiger charge is 2.47. The molecule has 1 N–H and O–H groups in total. The van der Waals surface area contributed by atoms with E-state index in [1.54, 1.807) is 45.0 Å². The average Bonchev–Trinajstić information content (AvgIpc) is 3.36. The normalized spacial score (nSPS) is 18.9. The number of ketones is 1. The smallest absolute Gasteiger partial charge is 0.290 e. The molecule has 0 spiro atoms. The van der Waals surface area contributed by atoms with Crippen molar-refractivity contribution in [2.45, 2.75) is 33.4 Å². The standard InChI is InChI=1S/C21H21NO6/c1-21(2,3)19(24)16-17(14-5-4-8-26-14)22(20(25)18(16)23)10-12-6-7-13-15(9-12)28-11-27-13/h4-9,17,23H,10-11H2,1-3H3. The van der Waals surface area contributed by atoms with E-state index < -0.39 is 23.1 Å². The van der Waals surface area contributed by atoms with Crippen LogP contribution in [0.5, 0.6) is 11.5 Å². The van der Waals surface area contributed by atoms with Crippen molar-refractivity contribution in [3.05, 3.63) is 59.3 Å². The number of aliphatic hydroxyl groups excluding tert-OH is 1. The van der Waals surface area contributed by atoms with E-state index in [0.717, 1.165) is 5.56 Å². The molecule has 1 aromatic heterocycles. The Hall–Kier alpha value is -3.22. The van der Waals surface area contributed by atoms with Crippen molar-refractivity contribution in [2.75, 3.05) is 6.79 Å². The summed E-state index contributed by atoms with van der Waals surface area (Å²) in [6.45, 7) is 5.58. The minimum absolute atomic E-state index is 0.0631. The summed E-state index contributed by atoms with van der Waals surface area (Å²) in [6.07, 6.45) is 1.48. The Bertz CT molecular complexity index is 967. The lowest BCUT2D eigenvalue weighted by Gasteiger charge is -2.27. The van der Waals surface area contributed by atoms with Gasteiger partial charge in [-0.2, -0.15) is 0 Å². The zero-order chi connectivity index (χ0) is 20.1. The second kappa shape index (κ2) is 6.44. The molecule has 3 heterocycles. The van der Waals surface area contributed by atoms with Gasteiger partial charge in [0, 0.05) is 12.0 Å². The number of ether oxygens (including phenoxy) is 2. The maximum Gasteiger partial charge on any atom is 0.290 e. The van der Waals surface area contributed by atoms with Gasteiger partial charge in [0.25, 0.3) is 5.91 Å². The molecule has 2 aliphatic heterocycles. The molecule has 0 radical (unpaired) electrons. The summed E-state index contributed by atoms with van der Waals surface area (Å²) < 4.78 is 16.2. The van der Waals surface area contributed by atoms with Gasteiger partial charge >= 0.3 is 0 Å². The summed E-state index contributed by atoms with van der Waals surface area (Å²) >= 11 is 0. The third kappa shape index (κ3) is 2.93. The molecular weight excluding hydrogens is 362 g/mol. The zero-order valence-electron chi connectivity index (χ0n) is 15.9. The second-order valence-corrected chi connectivity index (χ2v) is 7.88. The van der Waals surface area contributed by atoms with Crippen LogP contribution in [0.3, 0.4) is 0 Å². The largest absolute Gasteiger partial charge is 0.503 e. The fourth-order valence-corrected chi connectivity index (χ4v) is 3.43. The number of rotatable bonds is 4. The van der Waals surface area contributed by atoms with E-state index in [9.17, 15) is 14.7 Å². The van der Waals surface area contributed by atoms with Gasteiger partial charge in [-0.15, -0.1) is 0 Å². The number of benzene rings is 1. The highest BCUT2D eigenvalue weighted by molar-refractivity contribution is 6.10. The third-order valence-corrected chi connectivity index (χ3v) is 4.83. The van der Waals surface area contributed by atoms with Gasteiger partial charge in [-0.25, -0.2) is 0 Å². The minimum atomic E-state index is -0.792. The van der Waals surface area contributed by atoms with Crippen LogP contribution < -0.4 is 9.47 Å². The first-order valence-corrected chi connectivity index (χ1v) is 8.98. The van der Waals surface area contributed by atoms with Crippen LogP contribution in [-0.4, -0.2) is 28.5 Å². The van der Waals surface area contributed by atoms with Crippen molar-refractivity contribution in [3.8, 4) is 11.5 Å². The lowest BCUT2D eigenvalue weighted by atomic mass is 9.83. The zero-order valence-corrected chi connectivity index (χ0v) is 15.9. The minimum Gasteiger partial charge on any atom is -0.503 e. The van der Waals surface area contributed by atoms with Crippen LogP contribution >= 0.6 is 0 Å². The molecule has 4 rings (SSSR count). The van der Waals surface area contributed by atoms with Gasteiger partial charge in [0.2, 0.25) is 6.79 Å². The van der Waals surface area contributed by atoms with Gasteiger partial charge in [-0.05, 0) is 29.8 Å². The number of carbonyl (C=O) groups is 2. The van der Waals surface area contributed by atoms with Crippen LogP contribution in [0.25, 0.3) is 0 Å². The number of aliphatic hydroxyl groups is 1. The topological polar surface area (TPSA) is 89.2 Å². The molecule has 0 fully saturated rings. The lowest BCUT2D eigenvalue weighted by Crippen LogP contribution is -2.32. The molecule has 1 amide bonds. The van der Waals surface area contributed by atoms with Crippen molar-refractivity contribution >= 4 is 11.7 Å². The highest BCUT2D eigenvalue weighted by Crippen LogP contribution is 2.42. The molecule has 1 unspecified atom stereocenters. The molecule has 146 valence electrons. The van der Waals surface area contributed by atoms with Crippen molar-refractivity contribution in [2.24, 2.45) is 5.41 Å². The van der Waals surface area contributed by atoms with Gasteiger partial charge in [0.05, 0.1) is 11.8 Å². The average molecular weight is 383 g/mol.